The van der Waals surface area contributed by atoms with Crippen LogP contribution in [0.5, 0.6) is 0 Å². The summed E-state index contributed by atoms with van der Waals surface area (Å²) in [5.74, 6) is 0.140. The molecule has 2 aliphatic rings. The third kappa shape index (κ3) is 2.39. The Labute approximate surface area is 132 Å². The molecule has 1 aromatic heterocycles. The Hall–Kier alpha value is -1.55. The van der Waals surface area contributed by atoms with Crippen molar-refractivity contribution in [2.75, 3.05) is 0 Å². The predicted octanol–water partition coefficient (Wildman–Crippen LogP) is 3.50. The molecule has 3 heterocycles. The lowest BCUT2D eigenvalue weighted by Gasteiger charge is -2.37. The molecular weight excluding hydrogens is 294 g/mol. The van der Waals surface area contributed by atoms with Crippen molar-refractivity contribution >= 4 is 27.5 Å². The zero-order valence-electron chi connectivity index (χ0n) is 12.4. The molecule has 0 aliphatic carbocycles. The van der Waals surface area contributed by atoms with E-state index in [0.29, 0.717) is 5.69 Å². The number of carbonyl (C=O) groups excluding carboxylic acids is 1. The summed E-state index contributed by atoms with van der Waals surface area (Å²) in [6.07, 6.45) is 4.74. The number of Topliss-reactive ketones (excluding diaryl/α,β-unsaturated/α-hetero) is 1. The van der Waals surface area contributed by atoms with Crippen molar-refractivity contribution in [1.29, 1.82) is 0 Å². The van der Waals surface area contributed by atoms with E-state index in [1.165, 1.54) is 0 Å². The summed E-state index contributed by atoms with van der Waals surface area (Å²) in [6, 6.07) is 11.7. The third-order valence-corrected chi connectivity index (χ3v) is 7.20. The summed E-state index contributed by atoms with van der Waals surface area (Å²) >= 11 is 0. The molecule has 114 valence electrons. The number of carbonyl (C=O) groups is 1. The van der Waals surface area contributed by atoms with Crippen molar-refractivity contribution in [3.8, 4) is 0 Å². The molecule has 4 rings (SSSR count). The monoisotopic (exact) mass is 313 g/mol. The Morgan fingerprint density at radius 3 is 2.55 bits per heavy atom. The van der Waals surface area contributed by atoms with Gasteiger partial charge in [-0.2, -0.15) is 0 Å². The van der Waals surface area contributed by atoms with Gasteiger partial charge in [0.1, 0.15) is 5.69 Å². The van der Waals surface area contributed by atoms with E-state index in [4.69, 9.17) is 0 Å². The summed E-state index contributed by atoms with van der Waals surface area (Å²) in [6.45, 7) is 0. The lowest BCUT2D eigenvalue weighted by Crippen LogP contribution is -2.41. The van der Waals surface area contributed by atoms with Crippen molar-refractivity contribution in [2.45, 2.75) is 42.6 Å². The second-order valence-corrected chi connectivity index (χ2v) is 8.42. The van der Waals surface area contributed by atoms with Crippen LogP contribution in [0.3, 0.4) is 0 Å². The summed E-state index contributed by atoms with van der Waals surface area (Å²) in [5, 5.41) is 1.50. The molecule has 2 bridgehead atoms. The van der Waals surface area contributed by atoms with Gasteiger partial charge in [-0.3, -0.25) is 9.00 Å². The van der Waals surface area contributed by atoms with Gasteiger partial charge in [-0.25, -0.2) is 4.98 Å². The van der Waals surface area contributed by atoms with Crippen LogP contribution < -0.4 is 0 Å². The lowest BCUT2D eigenvalue weighted by molar-refractivity contribution is 0.0890. The van der Waals surface area contributed by atoms with Crippen LogP contribution in [0, 0.1) is 5.92 Å². The molecule has 0 amide bonds. The first-order valence-electron chi connectivity index (χ1n) is 8.02. The molecule has 2 unspecified atom stereocenters. The Morgan fingerprint density at radius 2 is 1.77 bits per heavy atom. The summed E-state index contributed by atoms with van der Waals surface area (Å²) in [5.41, 5.74) is 1.43. The molecule has 1 aromatic carbocycles. The second kappa shape index (κ2) is 5.58. The minimum Gasteiger partial charge on any atom is -0.292 e. The normalized spacial score (nSPS) is 31.1. The van der Waals surface area contributed by atoms with Gasteiger partial charge in [-0.05, 0) is 37.8 Å². The topological polar surface area (TPSA) is 47.0 Å². The van der Waals surface area contributed by atoms with Gasteiger partial charge in [0.2, 0.25) is 0 Å². The molecule has 0 N–H and O–H groups in total. The highest BCUT2D eigenvalue weighted by Gasteiger charge is 2.40. The highest BCUT2D eigenvalue weighted by atomic mass is 32.2. The van der Waals surface area contributed by atoms with Crippen molar-refractivity contribution in [1.82, 2.24) is 4.98 Å². The fraction of sp³-hybridized carbons (Fsp3) is 0.444. The fourth-order valence-electron chi connectivity index (χ4n) is 3.86. The Bertz CT molecular complexity index is 742. The maximum atomic E-state index is 12.8. The Kier molecular flexibility index (Phi) is 3.57. The van der Waals surface area contributed by atoms with Crippen LogP contribution in [0.15, 0.2) is 36.4 Å². The average molecular weight is 313 g/mol. The van der Waals surface area contributed by atoms with Gasteiger partial charge in [0.25, 0.3) is 0 Å². The van der Waals surface area contributed by atoms with E-state index in [2.05, 4.69) is 4.98 Å². The first kappa shape index (κ1) is 14.1. The Balaban J connectivity index is 1.61. The van der Waals surface area contributed by atoms with Crippen molar-refractivity contribution in [3.05, 3.63) is 42.1 Å². The maximum Gasteiger partial charge on any atom is 0.184 e. The molecule has 0 saturated carbocycles. The highest BCUT2D eigenvalue weighted by molar-refractivity contribution is 7.86. The van der Waals surface area contributed by atoms with Crippen LogP contribution in [0.1, 0.15) is 42.6 Å². The van der Waals surface area contributed by atoms with E-state index in [-0.39, 0.29) is 22.2 Å². The number of aromatic nitrogens is 1. The molecule has 2 aromatic rings. The summed E-state index contributed by atoms with van der Waals surface area (Å²) in [7, 11) is -0.724. The molecule has 0 spiro atoms. The number of fused-ring (bicyclic) bond motifs is 3. The van der Waals surface area contributed by atoms with Gasteiger partial charge in [-0.15, -0.1) is 0 Å². The van der Waals surface area contributed by atoms with Gasteiger partial charge >= 0.3 is 0 Å². The third-order valence-electron chi connectivity index (χ3n) is 5.03. The van der Waals surface area contributed by atoms with E-state index < -0.39 is 10.8 Å². The van der Waals surface area contributed by atoms with E-state index in [1.54, 1.807) is 0 Å². The van der Waals surface area contributed by atoms with Gasteiger partial charge in [0.15, 0.2) is 5.78 Å². The molecule has 2 aliphatic heterocycles. The van der Waals surface area contributed by atoms with Crippen LogP contribution in [-0.4, -0.2) is 25.5 Å². The Morgan fingerprint density at radius 1 is 1.05 bits per heavy atom. The van der Waals surface area contributed by atoms with Crippen LogP contribution >= 0.6 is 0 Å². The summed E-state index contributed by atoms with van der Waals surface area (Å²) < 4.78 is 12.3. The van der Waals surface area contributed by atoms with E-state index in [9.17, 15) is 9.00 Å². The van der Waals surface area contributed by atoms with Gasteiger partial charge in [0, 0.05) is 32.6 Å². The molecule has 2 saturated heterocycles. The van der Waals surface area contributed by atoms with E-state index in [1.807, 2.05) is 36.4 Å². The number of rotatable bonds is 2. The molecule has 3 nitrogen and oxygen atoms in total. The van der Waals surface area contributed by atoms with Gasteiger partial charge in [0.05, 0.1) is 5.52 Å². The number of benzene rings is 1. The van der Waals surface area contributed by atoms with Crippen LogP contribution in [-0.2, 0) is 10.8 Å². The molecule has 2 fully saturated rings. The van der Waals surface area contributed by atoms with Crippen molar-refractivity contribution in [3.63, 3.8) is 0 Å². The van der Waals surface area contributed by atoms with E-state index >= 15 is 0 Å². The molecule has 0 radical (unpaired) electrons. The zero-order valence-corrected chi connectivity index (χ0v) is 13.2. The minimum absolute atomic E-state index is 0.00154. The first-order chi connectivity index (χ1) is 10.7. The van der Waals surface area contributed by atoms with Crippen LogP contribution in [0.2, 0.25) is 0 Å². The molecule has 2 atom stereocenters. The number of pyridine rings is 1. The molecular formula is C18H19NO2S. The highest BCUT2D eigenvalue weighted by Crippen LogP contribution is 2.38. The number of hydrogen-bond donors (Lipinski definition) is 0. The number of hydrogen-bond acceptors (Lipinski definition) is 3. The van der Waals surface area contributed by atoms with E-state index in [0.717, 1.165) is 43.0 Å². The largest absolute Gasteiger partial charge is 0.292 e. The van der Waals surface area contributed by atoms with Crippen LogP contribution in [0.25, 0.3) is 10.9 Å². The smallest absolute Gasteiger partial charge is 0.184 e. The number of para-hydroxylation sites is 1. The van der Waals surface area contributed by atoms with Crippen LogP contribution in [0.4, 0.5) is 0 Å². The zero-order chi connectivity index (χ0) is 15.1. The molecule has 22 heavy (non-hydrogen) atoms. The molecule has 4 heteroatoms. The predicted molar refractivity (Wildman–Crippen MR) is 88.4 cm³/mol. The van der Waals surface area contributed by atoms with Gasteiger partial charge < -0.3 is 0 Å². The maximum absolute atomic E-state index is 12.8. The number of ketones is 1. The van der Waals surface area contributed by atoms with Crippen molar-refractivity contribution < 1.29 is 9.00 Å². The lowest BCUT2D eigenvalue weighted by atomic mass is 9.85. The number of nitrogens with zero attached hydrogens (tertiary/aromatic N) is 1. The van der Waals surface area contributed by atoms with Gasteiger partial charge in [-0.1, -0.05) is 30.7 Å². The quantitative estimate of drug-likeness (QED) is 0.797. The fourth-order valence-corrected chi connectivity index (χ4v) is 6.05. The minimum atomic E-state index is -0.724. The van der Waals surface area contributed by atoms with Crippen molar-refractivity contribution in [2.24, 2.45) is 5.92 Å². The first-order valence-corrected chi connectivity index (χ1v) is 9.29. The summed E-state index contributed by atoms with van der Waals surface area (Å²) in [4.78, 5) is 17.4. The standard InChI is InChI=1S/C18H19NO2S/c20-18(13-10-14-5-3-6-15(11-13)22(14)21)17-9-8-12-4-1-2-7-16(12)19-17/h1-2,4,7-9,13-15H,3,5-6,10-11H2. The SMILES string of the molecule is O=C(c1ccc2ccccc2n1)C1CC2CCCC(C1)S2=O. The second-order valence-electron chi connectivity index (χ2n) is 6.43. The average Bonchev–Trinajstić information content (AvgIpc) is 2.53.